The summed E-state index contributed by atoms with van der Waals surface area (Å²) in [5.74, 6) is 0. The van der Waals surface area contributed by atoms with Gasteiger partial charge in [0.05, 0.1) is 13.2 Å². The topological polar surface area (TPSA) is 40.5 Å². The third-order valence-electron chi connectivity index (χ3n) is 2.20. The molecule has 0 amide bonds. The smallest absolute Gasteiger partial charge is 0.0515 e. The van der Waals surface area contributed by atoms with E-state index in [0.29, 0.717) is 12.8 Å². The lowest BCUT2D eigenvalue weighted by Crippen LogP contribution is -2.28. The predicted octanol–water partition coefficient (Wildman–Crippen LogP) is 2.06. The second-order valence-corrected chi connectivity index (χ2v) is 3.76. The van der Waals surface area contributed by atoms with Crippen LogP contribution in [0.15, 0.2) is 37.0 Å². The molecule has 0 aliphatic heterocycles. The van der Waals surface area contributed by atoms with Gasteiger partial charge in [-0.2, -0.15) is 0 Å². The van der Waals surface area contributed by atoms with Gasteiger partial charge in [-0.1, -0.05) is 30.4 Å². The van der Waals surface area contributed by atoms with Gasteiger partial charge in [0.1, 0.15) is 0 Å². The molecule has 0 aromatic rings. The monoisotopic (exact) mass is 196 g/mol. The lowest BCUT2D eigenvalue weighted by molar-refractivity contribution is 0.0593. The second kappa shape index (κ2) is 6.57. The van der Waals surface area contributed by atoms with Crippen LogP contribution < -0.4 is 0 Å². The van der Waals surface area contributed by atoms with E-state index in [-0.39, 0.29) is 13.2 Å². The van der Waals surface area contributed by atoms with E-state index in [2.05, 4.69) is 13.2 Å². The van der Waals surface area contributed by atoms with E-state index in [4.69, 9.17) is 0 Å². The molecular weight excluding hydrogens is 176 g/mol. The maximum Gasteiger partial charge on any atom is 0.0515 e. The van der Waals surface area contributed by atoms with Crippen molar-refractivity contribution >= 4 is 0 Å². The summed E-state index contributed by atoms with van der Waals surface area (Å²) in [4.78, 5) is 0. The van der Waals surface area contributed by atoms with E-state index in [1.54, 1.807) is 6.08 Å². The molecule has 0 aromatic carbocycles. The highest BCUT2D eigenvalue weighted by molar-refractivity contribution is 5.11. The Balaban J connectivity index is 4.34. The number of hydrogen-bond acceptors (Lipinski definition) is 2. The first kappa shape index (κ1) is 13.1. The maximum atomic E-state index is 9.21. The molecule has 0 unspecified atom stereocenters. The third kappa shape index (κ3) is 4.40. The van der Waals surface area contributed by atoms with E-state index >= 15 is 0 Å². The molecule has 0 radical (unpaired) electrons. The number of allylic oxidation sites excluding steroid dienone is 4. The van der Waals surface area contributed by atoms with Crippen LogP contribution in [0.3, 0.4) is 0 Å². The molecule has 2 heteroatoms. The van der Waals surface area contributed by atoms with Gasteiger partial charge in [0, 0.05) is 5.41 Å². The molecule has 2 N–H and O–H groups in total. The van der Waals surface area contributed by atoms with Crippen LogP contribution in [0.2, 0.25) is 0 Å². The molecule has 80 valence electrons. The zero-order chi connectivity index (χ0) is 11.0. The van der Waals surface area contributed by atoms with Crippen molar-refractivity contribution in [2.75, 3.05) is 13.2 Å². The van der Waals surface area contributed by atoms with Crippen LogP contribution in [0.25, 0.3) is 0 Å². The SMILES string of the molecule is C=CCC(CO)(CO)C/C=C/C(=C)C. The van der Waals surface area contributed by atoms with Crippen LogP contribution in [0.4, 0.5) is 0 Å². The van der Waals surface area contributed by atoms with Gasteiger partial charge in [-0.05, 0) is 19.8 Å². The van der Waals surface area contributed by atoms with Crippen molar-refractivity contribution in [3.63, 3.8) is 0 Å². The minimum atomic E-state index is -0.465. The van der Waals surface area contributed by atoms with Crippen LogP contribution in [0.1, 0.15) is 19.8 Å². The van der Waals surface area contributed by atoms with E-state index in [1.807, 2.05) is 19.1 Å². The van der Waals surface area contributed by atoms with Crippen molar-refractivity contribution in [1.29, 1.82) is 0 Å². The average molecular weight is 196 g/mol. The lowest BCUT2D eigenvalue weighted by atomic mass is 9.82. The highest BCUT2D eigenvalue weighted by Gasteiger charge is 2.25. The van der Waals surface area contributed by atoms with Gasteiger partial charge in [0.2, 0.25) is 0 Å². The van der Waals surface area contributed by atoms with Gasteiger partial charge in [0.15, 0.2) is 0 Å². The predicted molar refractivity (Wildman–Crippen MR) is 60.0 cm³/mol. The Morgan fingerprint density at radius 1 is 1.29 bits per heavy atom. The zero-order valence-electron chi connectivity index (χ0n) is 8.87. The van der Waals surface area contributed by atoms with Gasteiger partial charge >= 0.3 is 0 Å². The van der Waals surface area contributed by atoms with Gasteiger partial charge < -0.3 is 10.2 Å². The Hall–Kier alpha value is -0.860. The molecule has 0 atom stereocenters. The average Bonchev–Trinajstić information content (AvgIpc) is 2.16. The summed E-state index contributed by atoms with van der Waals surface area (Å²) in [5.41, 5.74) is 0.502. The molecule has 14 heavy (non-hydrogen) atoms. The summed E-state index contributed by atoms with van der Waals surface area (Å²) >= 11 is 0. The molecule has 0 aliphatic carbocycles. The van der Waals surface area contributed by atoms with Gasteiger partial charge in [-0.25, -0.2) is 0 Å². The number of aliphatic hydroxyl groups excluding tert-OH is 2. The number of rotatable bonds is 7. The Morgan fingerprint density at radius 3 is 2.21 bits per heavy atom. The first-order chi connectivity index (χ1) is 6.60. The number of aliphatic hydroxyl groups is 2. The molecular formula is C12H20O2. The minimum Gasteiger partial charge on any atom is -0.396 e. The molecule has 0 aliphatic rings. The van der Waals surface area contributed by atoms with Crippen molar-refractivity contribution in [2.45, 2.75) is 19.8 Å². The van der Waals surface area contributed by atoms with Gasteiger partial charge in [0.25, 0.3) is 0 Å². The fourth-order valence-electron chi connectivity index (χ4n) is 1.21. The Bertz CT molecular complexity index is 212. The van der Waals surface area contributed by atoms with Gasteiger partial charge in [-0.15, -0.1) is 6.58 Å². The molecule has 0 fully saturated rings. The van der Waals surface area contributed by atoms with E-state index in [0.717, 1.165) is 5.57 Å². The largest absolute Gasteiger partial charge is 0.396 e. The van der Waals surface area contributed by atoms with Crippen LogP contribution >= 0.6 is 0 Å². The first-order valence-electron chi connectivity index (χ1n) is 4.75. The van der Waals surface area contributed by atoms with Crippen molar-refractivity contribution in [3.05, 3.63) is 37.0 Å². The number of hydrogen-bond donors (Lipinski definition) is 2. The summed E-state index contributed by atoms with van der Waals surface area (Å²) in [6.07, 6.45) is 6.79. The molecule has 0 saturated heterocycles. The van der Waals surface area contributed by atoms with Crippen molar-refractivity contribution in [2.24, 2.45) is 5.41 Å². The van der Waals surface area contributed by atoms with E-state index < -0.39 is 5.41 Å². The van der Waals surface area contributed by atoms with Crippen molar-refractivity contribution in [1.82, 2.24) is 0 Å². The standard InChI is InChI=1S/C12H20O2/c1-4-7-12(9-13,10-14)8-5-6-11(2)3/h4-6,13-14H,1-2,7-10H2,3H3/b6-5+. The molecule has 2 nitrogen and oxygen atoms in total. The fourth-order valence-corrected chi connectivity index (χ4v) is 1.21. The summed E-state index contributed by atoms with van der Waals surface area (Å²) < 4.78 is 0. The van der Waals surface area contributed by atoms with Crippen molar-refractivity contribution < 1.29 is 10.2 Å². The van der Waals surface area contributed by atoms with E-state index in [9.17, 15) is 10.2 Å². The summed E-state index contributed by atoms with van der Waals surface area (Å²) in [5, 5.41) is 18.4. The minimum absolute atomic E-state index is 0.0317. The Kier molecular flexibility index (Phi) is 6.17. The quantitative estimate of drug-likeness (QED) is 0.483. The van der Waals surface area contributed by atoms with Crippen LogP contribution in [0.5, 0.6) is 0 Å². The fraction of sp³-hybridized carbons (Fsp3) is 0.500. The van der Waals surface area contributed by atoms with E-state index in [1.165, 1.54) is 0 Å². The molecule has 0 saturated carbocycles. The zero-order valence-corrected chi connectivity index (χ0v) is 8.87. The van der Waals surface area contributed by atoms with Crippen molar-refractivity contribution in [3.8, 4) is 0 Å². The van der Waals surface area contributed by atoms with Crippen LogP contribution in [-0.2, 0) is 0 Å². The summed E-state index contributed by atoms with van der Waals surface area (Å²) in [7, 11) is 0. The van der Waals surface area contributed by atoms with Crippen LogP contribution in [0, 0.1) is 5.41 Å². The maximum absolute atomic E-state index is 9.21. The second-order valence-electron chi connectivity index (χ2n) is 3.76. The third-order valence-corrected chi connectivity index (χ3v) is 2.20. The molecule has 0 spiro atoms. The molecule has 0 bridgehead atoms. The highest BCUT2D eigenvalue weighted by atomic mass is 16.3. The molecule has 0 aromatic heterocycles. The highest BCUT2D eigenvalue weighted by Crippen LogP contribution is 2.26. The first-order valence-corrected chi connectivity index (χ1v) is 4.75. The molecule has 0 rings (SSSR count). The van der Waals surface area contributed by atoms with Gasteiger partial charge in [-0.3, -0.25) is 0 Å². The van der Waals surface area contributed by atoms with Crippen LogP contribution in [-0.4, -0.2) is 23.4 Å². The Morgan fingerprint density at radius 2 is 1.86 bits per heavy atom. The lowest BCUT2D eigenvalue weighted by Gasteiger charge is -2.26. The normalized spacial score (nSPS) is 11.9. The Labute approximate surface area is 86.3 Å². The summed E-state index contributed by atoms with van der Waals surface area (Å²) in [6, 6.07) is 0. The summed E-state index contributed by atoms with van der Waals surface area (Å²) in [6.45, 7) is 9.20. The molecule has 0 heterocycles.